The number of thiophene rings is 2. The molecule has 0 aliphatic carbocycles. The molecule has 4 heteroatoms. The Hall–Kier alpha value is -2.79. The van der Waals surface area contributed by atoms with Crippen molar-refractivity contribution < 1.29 is 4.74 Å². The van der Waals surface area contributed by atoms with E-state index in [1.54, 1.807) is 18.4 Å². The highest BCUT2D eigenvalue weighted by molar-refractivity contribution is 7.99. The number of benzene rings is 3. The van der Waals surface area contributed by atoms with Gasteiger partial charge in [0.1, 0.15) is 10.9 Å². The Morgan fingerprint density at radius 1 is 0.548 bits per heavy atom. The minimum Gasteiger partial charge on any atom is -0.487 e. The maximum absolute atomic E-state index is 5.33. The molecule has 0 atom stereocenters. The van der Waals surface area contributed by atoms with Gasteiger partial charge in [-0.1, -0.05) is 83.3 Å². The van der Waals surface area contributed by atoms with Crippen molar-refractivity contribution in [2.45, 2.75) is 14.0 Å². The molecule has 0 saturated carbocycles. The highest BCUT2D eigenvalue weighted by Gasteiger charge is 2.30. The monoisotopic (exact) mass is 457 g/mol. The minimum atomic E-state index is -0.0937. The van der Waals surface area contributed by atoms with Crippen molar-refractivity contribution in [2.24, 2.45) is 0 Å². The van der Waals surface area contributed by atoms with Crippen LogP contribution in [0.15, 0.2) is 123 Å². The van der Waals surface area contributed by atoms with Crippen LogP contribution in [0.5, 0.6) is 5.06 Å². The Labute approximate surface area is 194 Å². The van der Waals surface area contributed by atoms with Gasteiger partial charge in [-0.25, -0.2) is 0 Å². The van der Waals surface area contributed by atoms with E-state index >= 15 is 0 Å². The first-order valence-electron chi connectivity index (χ1n) is 10.0. The predicted octanol–water partition coefficient (Wildman–Crippen LogP) is 8.25. The predicted molar refractivity (Wildman–Crippen MR) is 135 cm³/mol. The van der Waals surface area contributed by atoms with Crippen molar-refractivity contribution in [3.8, 4) is 25.9 Å². The van der Waals surface area contributed by atoms with Crippen LogP contribution < -0.4 is 4.74 Å². The maximum Gasteiger partial charge on any atom is 0.220 e. The molecule has 152 valence electrons. The fourth-order valence-electron chi connectivity index (χ4n) is 3.45. The van der Waals surface area contributed by atoms with Gasteiger partial charge in [0, 0.05) is 15.8 Å². The summed E-state index contributed by atoms with van der Waals surface area (Å²) < 4.78 is 6.72. The third kappa shape index (κ3) is 4.33. The third-order valence-electron chi connectivity index (χ3n) is 4.98. The fraction of sp³-hybridized carbons (Fsp3) is 0.0370. The molecule has 0 spiro atoms. The molecule has 0 saturated heterocycles. The van der Waals surface area contributed by atoms with Crippen molar-refractivity contribution in [1.29, 1.82) is 0 Å². The molecule has 2 aromatic heterocycles. The largest absolute Gasteiger partial charge is 0.487 e. The molecule has 0 fully saturated rings. The van der Waals surface area contributed by atoms with Gasteiger partial charge in [0.05, 0.1) is 7.11 Å². The molecule has 31 heavy (non-hydrogen) atoms. The summed E-state index contributed by atoms with van der Waals surface area (Å²) in [5, 5.41) is 0.941. The van der Waals surface area contributed by atoms with Crippen LogP contribution in [-0.4, -0.2) is 7.11 Å². The van der Waals surface area contributed by atoms with E-state index in [-0.39, 0.29) is 10.9 Å². The first-order valence-corrected chi connectivity index (χ1v) is 12.9. The van der Waals surface area contributed by atoms with E-state index < -0.39 is 0 Å². The van der Waals surface area contributed by atoms with Crippen LogP contribution in [-0.2, 0) is 10.9 Å². The standard InChI is InChI=1S/C27H21OS3/c1-28-26-18-16-24(29-26)20-12-14-21(15-13-20)25-17-19-27(30-25)31(22-8-4-2-5-9-22)23-10-6-3-7-11-23/h2-19H,1H3/q+1. The Bertz CT molecular complexity index is 1220. The zero-order chi connectivity index (χ0) is 21.0. The van der Waals surface area contributed by atoms with Gasteiger partial charge in [0.25, 0.3) is 0 Å². The van der Waals surface area contributed by atoms with Gasteiger partial charge < -0.3 is 4.74 Å². The third-order valence-corrected chi connectivity index (χ3v) is 9.78. The first-order chi connectivity index (χ1) is 15.3. The Morgan fingerprint density at radius 3 is 1.58 bits per heavy atom. The summed E-state index contributed by atoms with van der Waals surface area (Å²) in [6.07, 6.45) is 0. The van der Waals surface area contributed by atoms with Crippen LogP contribution in [0.1, 0.15) is 0 Å². The minimum absolute atomic E-state index is 0.0937. The molecule has 5 aromatic rings. The van der Waals surface area contributed by atoms with E-state index in [0.29, 0.717) is 0 Å². The molecule has 1 nitrogen and oxygen atoms in total. The molecule has 0 aliphatic rings. The zero-order valence-electron chi connectivity index (χ0n) is 17.0. The van der Waals surface area contributed by atoms with Crippen molar-refractivity contribution in [1.82, 2.24) is 0 Å². The summed E-state index contributed by atoms with van der Waals surface area (Å²) in [5.74, 6) is 0. The number of rotatable bonds is 6. The van der Waals surface area contributed by atoms with Crippen LogP contribution in [0.4, 0.5) is 0 Å². The number of hydrogen-bond acceptors (Lipinski definition) is 3. The Balaban J connectivity index is 1.47. The fourth-order valence-corrected chi connectivity index (χ4v) is 8.00. The van der Waals surface area contributed by atoms with Gasteiger partial charge in [-0.2, -0.15) is 0 Å². The quantitative estimate of drug-likeness (QED) is 0.233. The zero-order valence-corrected chi connectivity index (χ0v) is 19.5. The van der Waals surface area contributed by atoms with Crippen LogP contribution >= 0.6 is 22.7 Å². The molecule has 0 radical (unpaired) electrons. The summed E-state index contributed by atoms with van der Waals surface area (Å²) >= 11 is 3.56. The highest BCUT2D eigenvalue weighted by Crippen LogP contribution is 2.39. The second kappa shape index (κ2) is 9.15. The average molecular weight is 458 g/mol. The topological polar surface area (TPSA) is 9.23 Å². The van der Waals surface area contributed by atoms with Gasteiger partial charge in [-0.05, 0) is 53.6 Å². The molecule has 0 bridgehead atoms. The second-order valence-corrected chi connectivity index (χ2v) is 11.3. The van der Waals surface area contributed by atoms with Gasteiger partial charge in [0.15, 0.2) is 14.9 Å². The number of hydrogen-bond donors (Lipinski definition) is 0. The molecule has 5 rings (SSSR count). The molecular weight excluding hydrogens is 436 g/mol. The summed E-state index contributed by atoms with van der Waals surface area (Å²) in [6.45, 7) is 0. The summed E-state index contributed by atoms with van der Waals surface area (Å²) in [5.41, 5.74) is 2.48. The van der Waals surface area contributed by atoms with Crippen LogP contribution in [0, 0.1) is 0 Å². The Kier molecular flexibility index (Phi) is 5.94. The average Bonchev–Trinajstić information content (AvgIpc) is 3.51. The second-order valence-electron chi connectivity index (χ2n) is 6.95. The lowest BCUT2D eigenvalue weighted by molar-refractivity contribution is 0.427. The molecular formula is C27H21OS3+. The maximum atomic E-state index is 5.33. The molecule has 0 unspecified atom stereocenters. The van der Waals surface area contributed by atoms with E-state index in [0.717, 1.165) is 5.06 Å². The van der Waals surface area contributed by atoms with Crippen LogP contribution in [0.25, 0.3) is 20.9 Å². The Morgan fingerprint density at radius 2 is 1.06 bits per heavy atom. The van der Waals surface area contributed by atoms with Crippen LogP contribution in [0.2, 0.25) is 0 Å². The smallest absolute Gasteiger partial charge is 0.220 e. The number of methoxy groups -OCH3 is 1. The van der Waals surface area contributed by atoms with Crippen molar-refractivity contribution in [3.63, 3.8) is 0 Å². The van der Waals surface area contributed by atoms with Crippen molar-refractivity contribution in [2.75, 3.05) is 7.11 Å². The van der Waals surface area contributed by atoms with Crippen LogP contribution in [0.3, 0.4) is 0 Å². The molecule has 0 amide bonds. The lowest BCUT2D eigenvalue weighted by Crippen LogP contribution is -2.02. The van der Waals surface area contributed by atoms with Gasteiger partial charge >= 0.3 is 0 Å². The lowest BCUT2D eigenvalue weighted by Gasteiger charge is -2.05. The highest BCUT2D eigenvalue weighted by atomic mass is 32.2. The summed E-state index contributed by atoms with van der Waals surface area (Å²) in [7, 11) is 1.62. The van der Waals surface area contributed by atoms with E-state index in [2.05, 4.69) is 103 Å². The summed E-state index contributed by atoms with van der Waals surface area (Å²) in [6, 6.07) is 39.2. The summed E-state index contributed by atoms with van der Waals surface area (Å²) in [4.78, 5) is 5.23. The lowest BCUT2D eigenvalue weighted by atomic mass is 10.1. The molecule has 2 heterocycles. The molecule has 3 aromatic carbocycles. The van der Waals surface area contributed by atoms with E-state index in [4.69, 9.17) is 4.74 Å². The van der Waals surface area contributed by atoms with E-state index in [9.17, 15) is 0 Å². The normalized spacial score (nSPS) is 11.0. The van der Waals surface area contributed by atoms with Crippen molar-refractivity contribution >= 4 is 33.6 Å². The molecule has 0 N–H and O–H groups in total. The number of ether oxygens (including phenoxy) is 1. The van der Waals surface area contributed by atoms with Gasteiger partial charge in [-0.15, -0.1) is 0 Å². The van der Waals surface area contributed by atoms with E-state index in [1.807, 2.05) is 17.4 Å². The first kappa shape index (κ1) is 20.1. The van der Waals surface area contributed by atoms with Gasteiger partial charge in [-0.3, -0.25) is 0 Å². The van der Waals surface area contributed by atoms with E-state index in [1.165, 1.54) is 34.9 Å². The SMILES string of the molecule is COc1ccc(-c2ccc(-c3ccc([S+](c4ccccc4)c4ccccc4)s3)cc2)s1. The van der Waals surface area contributed by atoms with Gasteiger partial charge in [0.2, 0.25) is 4.21 Å². The van der Waals surface area contributed by atoms with Crippen molar-refractivity contribution in [3.05, 3.63) is 109 Å². The molecule has 0 aliphatic heterocycles.